The molecule has 0 radical (unpaired) electrons. The van der Waals surface area contributed by atoms with Crippen molar-refractivity contribution in [2.45, 2.75) is 5.25 Å². The fourth-order valence-electron chi connectivity index (χ4n) is 1.88. The average molecular weight is 389 g/mol. The Balaban J connectivity index is 2.14. The van der Waals surface area contributed by atoms with Gasteiger partial charge in [0.25, 0.3) is 5.56 Å². The van der Waals surface area contributed by atoms with E-state index in [1.807, 2.05) is 30.5 Å². The Morgan fingerprint density at radius 1 is 1.52 bits per heavy atom. The lowest BCUT2D eigenvalue weighted by Crippen LogP contribution is -2.22. The van der Waals surface area contributed by atoms with E-state index >= 15 is 0 Å². The van der Waals surface area contributed by atoms with Crippen LogP contribution in [-0.2, 0) is 7.05 Å². The van der Waals surface area contributed by atoms with E-state index in [2.05, 4.69) is 26.3 Å². The summed E-state index contributed by atoms with van der Waals surface area (Å²) in [7, 11) is 1.62. The van der Waals surface area contributed by atoms with Crippen molar-refractivity contribution in [3.8, 4) is 0 Å². The molecule has 1 heterocycles. The SMILES string of the molecule is CSC(CNc1cnn(C)c(=O)c1Br)c1cccc(Cl)c1. The third-order valence-electron chi connectivity index (χ3n) is 3.06. The summed E-state index contributed by atoms with van der Waals surface area (Å²) in [5.74, 6) is 0. The lowest BCUT2D eigenvalue weighted by atomic mass is 10.1. The molecule has 1 aromatic heterocycles. The minimum atomic E-state index is -0.163. The molecule has 2 rings (SSSR count). The third kappa shape index (κ3) is 4.02. The van der Waals surface area contributed by atoms with Crippen LogP contribution in [0.5, 0.6) is 0 Å². The van der Waals surface area contributed by atoms with E-state index in [-0.39, 0.29) is 10.8 Å². The first-order chi connectivity index (χ1) is 10.0. The molecular formula is C14H15BrClN3OS. The number of aryl methyl sites for hydroxylation is 1. The monoisotopic (exact) mass is 387 g/mol. The van der Waals surface area contributed by atoms with Crippen molar-refractivity contribution >= 4 is 45.0 Å². The molecule has 0 aliphatic rings. The van der Waals surface area contributed by atoms with Crippen LogP contribution < -0.4 is 10.9 Å². The second-order valence-corrected chi connectivity index (χ2v) is 6.73. The number of anilines is 1. The number of nitrogens with one attached hydrogen (secondary N) is 1. The fraction of sp³-hybridized carbons (Fsp3) is 0.286. The van der Waals surface area contributed by atoms with E-state index in [0.717, 1.165) is 10.6 Å². The minimum Gasteiger partial charge on any atom is -0.381 e. The summed E-state index contributed by atoms with van der Waals surface area (Å²) in [6, 6.07) is 7.81. The molecule has 0 saturated carbocycles. The van der Waals surface area contributed by atoms with Crippen molar-refractivity contribution in [1.82, 2.24) is 9.78 Å². The zero-order valence-corrected chi connectivity index (χ0v) is 14.8. The third-order valence-corrected chi connectivity index (χ3v) is 5.07. The molecule has 0 spiro atoms. The molecule has 1 unspecified atom stereocenters. The number of benzene rings is 1. The van der Waals surface area contributed by atoms with E-state index in [4.69, 9.17) is 11.6 Å². The minimum absolute atomic E-state index is 0.163. The van der Waals surface area contributed by atoms with Gasteiger partial charge in [-0.1, -0.05) is 23.7 Å². The average Bonchev–Trinajstić information content (AvgIpc) is 2.47. The summed E-state index contributed by atoms with van der Waals surface area (Å²) >= 11 is 11.1. The van der Waals surface area contributed by atoms with Gasteiger partial charge in [-0.2, -0.15) is 16.9 Å². The molecule has 4 nitrogen and oxygen atoms in total. The van der Waals surface area contributed by atoms with E-state index in [1.54, 1.807) is 25.0 Å². The fourth-order valence-corrected chi connectivity index (χ4v) is 3.25. The summed E-state index contributed by atoms with van der Waals surface area (Å²) in [4.78, 5) is 11.8. The molecule has 1 aromatic carbocycles. The molecule has 0 saturated heterocycles. The van der Waals surface area contributed by atoms with Crippen LogP contribution in [0, 0.1) is 0 Å². The second-order valence-electron chi connectivity index (χ2n) is 4.46. The van der Waals surface area contributed by atoms with Crippen LogP contribution in [0.25, 0.3) is 0 Å². The molecule has 112 valence electrons. The van der Waals surface area contributed by atoms with Gasteiger partial charge in [-0.25, -0.2) is 4.68 Å². The highest BCUT2D eigenvalue weighted by Crippen LogP contribution is 2.29. The Morgan fingerprint density at radius 3 is 2.95 bits per heavy atom. The highest BCUT2D eigenvalue weighted by molar-refractivity contribution is 9.10. The first kappa shape index (κ1) is 16.4. The van der Waals surface area contributed by atoms with Gasteiger partial charge in [-0.15, -0.1) is 0 Å². The molecule has 0 aliphatic heterocycles. The van der Waals surface area contributed by atoms with E-state index in [9.17, 15) is 4.79 Å². The summed E-state index contributed by atoms with van der Waals surface area (Å²) in [5.41, 5.74) is 1.68. The normalized spacial score (nSPS) is 12.2. The Morgan fingerprint density at radius 2 is 2.29 bits per heavy atom. The van der Waals surface area contributed by atoms with Gasteiger partial charge < -0.3 is 5.32 Å². The molecule has 2 aromatic rings. The van der Waals surface area contributed by atoms with E-state index in [0.29, 0.717) is 16.7 Å². The van der Waals surface area contributed by atoms with Crippen molar-refractivity contribution in [2.24, 2.45) is 7.05 Å². The van der Waals surface area contributed by atoms with E-state index in [1.165, 1.54) is 4.68 Å². The van der Waals surface area contributed by atoms with Crippen molar-refractivity contribution in [1.29, 1.82) is 0 Å². The summed E-state index contributed by atoms with van der Waals surface area (Å²) < 4.78 is 1.78. The number of rotatable bonds is 5. The van der Waals surface area contributed by atoms with Crippen LogP contribution in [0.1, 0.15) is 10.8 Å². The molecule has 1 N–H and O–H groups in total. The standard InChI is InChI=1S/C14H15BrClN3OS/c1-19-14(20)13(15)11(7-18-19)17-8-12(21-2)9-4-3-5-10(16)6-9/h3-7,12,17H,8H2,1-2H3. The highest BCUT2D eigenvalue weighted by atomic mass is 79.9. The van der Waals surface area contributed by atoms with Gasteiger partial charge in [0, 0.05) is 23.9 Å². The number of aromatic nitrogens is 2. The van der Waals surface area contributed by atoms with E-state index < -0.39 is 0 Å². The van der Waals surface area contributed by atoms with Gasteiger partial charge in [0.15, 0.2) is 0 Å². The summed E-state index contributed by atoms with van der Waals surface area (Å²) in [6.45, 7) is 0.676. The van der Waals surface area contributed by atoms with Gasteiger partial charge >= 0.3 is 0 Å². The first-order valence-electron chi connectivity index (χ1n) is 6.27. The van der Waals surface area contributed by atoms with Crippen molar-refractivity contribution in [2.75, 3.05) is 18.1 Å². The number of hydrogen-bond donors (Lipinski definition) is 1. The maximum atomic E-state index is 11.8. The van der Waals surface area contributed by atoms with Gasteiger partial charge in [-0.3, -0.25) is 4.79 Å². The van der Waals surface area contributed by atoms with Crippen molar-refractivity contribution in [3.05, 3.63) is 55.9 Å². The number of hydrogen-bond acceptors (Lipinski definition) is 4. The van der Waals surface area contributed by atoms with Crippen LogP contribution in [-0.4, -0.2) is 22.6 Å². The van der Waals surface area contributed by atoms with Crippen LogP contribution >= 0.6 is 39.3 Å². The Hall–Kier alpha value is -0.980. The molecule has 1 atom stereocenters. The molecule has 7 heteroatoms. The number of halogens is 2. The Bertz CT molecular complexity index is 692. The maximum absolute atomic E-state index is 11.8. The van der Waals surface area contributed by atoms with Crippen LogP contribution in [0.3, 0.4) is 0 Å². The Labute approximate surface area is 141 Å². The van der Waals surface area contributed by atoms with Gasteiger partial charge in [0.2, 0.25) is 0 Å². The smallest absolute Gasteiger partial charge is 0.282 e. The maximum Gasteiger partial charge on any atom is 0.282 e. The summed E-state index contributed by atoms with van der Waals surface area (Å²) in [5, 5.41) is 8.24. The Kier molecular flexibility index (Phi) is 5.72. The molecule has 0 fully saturated rings. The van der Waals surface area contributed by atoms with Crippen molar-refractivity contribution < 1.29 is 0 Å². The lowest BCUT2D eigenvalue weighted by molar-refractivity contribution is 0.703. The molecule has 0 amide bonds. The largest absolute Gasteiger partial charge is 0.381 e. The molecular weight excluding hydrogens is 374 g/mol. The topological polar surface area (TPSA) is 46.9 Å². The number of thioether (sulfide) groups is 1. The van der Waals surface area contributed by atoms with Crippen molar-refractivity contribution in [3.63, 3.8) is 0 Å². The predicted octanol–water partition coefficient (Wildman–Crippen LogP) is 3.71. The quantitative estimate of drug-likeness (QED) is 0.848. The van der Waals surface area contributed by atoms with Crippen LogP contribution in [0.4, 0.5) is 5.69 Å². The van der Waals surface area contributed by atoms with Gasteiger partial charge in [0.1, 0.15) is 4.47 Å². The number of nitrogens with zero attached hydrogens (tertiary/aromatic N) is 2. The zero-order valence-electron chi connectivity index (χ0n) is 11.6. The molecule has 21 heavy (non-hydrogen) atoms. The molecule has 0 bridgehead atoms. The van der Waals surface area contributed by atoms with Crippen LogP contribution in [0.2, 0.25) is 5.02 Å². The first-order valence-corrected chi connectivity index (χ1v) is 8.72. The van der Waals surface area contributed by atoms with Gasteiger partial charge in [-0.05, 0) is 39.9 Å². The summed E-state index contributed by atoms with van der Waals surface area (Å²) in [6.07, 6.45) is 3.69. The zero-order chi connectivity index (χ0) is 15.4. The van der Waals surface area contributed by atoms with Crippen LogP contribution in [0.15, 0.2) is 39.7 Å². The lowest BCUT2D eigenvalue weighted by Gasteiger charge is -2.17. The highest BCUT2D eigenvalue weighted by Gasteiger charge is 2.12. The molecule has 0 aliphatic carbocycles. The van der Waals surface area contributed by atoms with Gasteiger partial charge in [0.05, 0.1) is 11.9 Å². The second kappa shape index (κ2) is 7.33. The predicted molar refractivity (Wildman–Crippen MR) is 93.4 cm³/mol.